The number of hydrogen-bond acceptors (Lipinski definition) is 6. The predicted molar refractivity (Wildman–Crippen MR) is 181 cm³/mol. The van der Waals surface area contributed by atoms with Crippen molar-refractivity contribution in [3.05, 3.63) is 130 Å². The third-order valence-corrected chi connectivity index (χ3v) is 8.36. The molecule has 0 aliphatic heterocycles. The van der Waals surface area contributed by atoms with E-state index in [9.17, 15) is 10.2 Å². The van der Waals surface area contributed by atoms with Crippen LogP contribution in [0.4, 0.5) is 0 Å². The van der Waals surface area contributed by atoms with Gasteiger partial charge in [-0.15, -0.1) is 0 Å². The van der Waals surface area contributed by atoms with Crippen LogP contribution in [0.1, 0.15) is 59.1 Å². The van der Waals surface area contributed by atoms with E-state index in [-0.39, 0.29) is 11.5 Å². The standard InChI is InChI=1S/C38H50N4O2/c39-27-35-25-31(15-17-37(35)43)19-23-41(29-33-11-5-3-6-12-33)21-9-1-2-10-22-42(30-34-13-7-4-8-14-34)24-20-32-16-18-38(44)36(26-32)28-40/h3-8,11-18,25-26,43-44H,1-2,9-10,19-24,27-30,39-40H2. The number of nitrogens with two attached hydrogens (primary N) is 2. The fourth-order valence-electron chi connectivity index (χ4n) is 5.74. The van der Waals surface area contributed by atoms with Crippen molar-refractivity contribution in [2.75, 3.05) is 26.2 Å². The zero-order valence-electron chi connectivity index (χ0n) is 26.1. The Bertz CT molecular complexity index is 1270. The first-order valence-electron chi connectivity index (χ1n) is 16.1. The fourth-order valence-corrected chi connectivity index (χ4v) is 5.74. The normalized spacial score (nSPS) is 11.5. The van der Waals surface area contributed by atoms with Crippen molar-refractivity contribution in [3.8, 4) is 11.5 Å². The Balaban J connectivity index is 1.26. The summed E-state index contributed by atoms with van der Waals surface area (Å²) in [6.07, 6.45) is 6.62. The molecule has 0 saturated carbocycles. The highest BCUT2D eigenvalue weighted by Gasteiger charge is 2.10. The molecule has 6 nitrogen and oxygen atoms in total. The highest BCUT2D eigenvalue weighted by molar-refractivity contribution is 5.37. The molecule has 44 heavy (non-hydrogen) atoms. The van der Waals surface area contributed by atoms with Gasteiger partial charge in [0.1, 0.15) is 11.5 Å². The van der Waals surface area contributed by atoms with Crippen LogP contribution in [0.5, 0.6) is 11.5 Å². The van der Waals surface area contributed by atoms with Gasteiger partial charge in [-0.3, -0.25) is 9.80 Å². The SMILES string of the molecule is NCc1cc(CCN(CCCCCCN(CCc2ccc(O)c(CN)c2)Cc2ccccc2)Cc2ccccc2)ccc1O. The first-order chi connectivity index (χ1) is 21.5. The van der Waals surface area contributed by atoms with Crippen molar-refractivity contribution < 1.29 is 10.2 Å². The highest BCUT2D eigenvalue weighted by Crippen LogP contribution is 2.20. The Kier molecular flexibility index (Phi) is 13.7. The highest BCUT2D eigenvalue weighted by atomic mass is 16.3. The Morgan fingerprint density at radius 3 is 1.25 bits per heavy atom. The summed E-state index contributed by atoms with van der Waals surface area (Å²) in [6, 6.07) is 33.0. The molecule has 234 valence electrons. The average molecular weight is 595 g/mol. The van der Waals surface area contributed by atoms with E-state index in [1.165, 1.54) is 47.9 Å². The lowest BCUT2D eigenvalue weighted by Gasteiger charge is -2.24. The molecule has 0 bridgehead atoms. The summed E-state index contributed by atoms with van der Waals surface area (Å²) in [4.78, 5) is 5.11. The lowest BCUT2D eigenvalue weighted by Crippen LogP contribution is -2.27. The summed E-state index contributed by atoms with van der Waals surface area (Å²) in [5.74, 6) is 0.557. The van der Waals surface area contributed by atoms with Gasteiger partial charge in [0.15, 0.2) is 0 Å². The van der Waals surface area contributed by atoms with Crippen molar-refractivity contribution in [2.24, 2.45) is 11.5 Å². The topological polar surface area (TPSA) is 99.0 Å². The molecular weight excluding hydrogens is 544 g/mol. The Labute approximate surface area is 263 Å². The molecule has 0 aliphatic carbocycles. The molecule has 0 atom stereocenters. The molecule has 0 amide bonds. The van der Waals surface area contributed by atoms with Crippen LogP contribution in [-0.2, 0) is 39.0 Å². The largest absolute Gasteiger partial charge is 0.508 e. The number of aromatic hydroxyl groups is 2. The smallest absolute Gasteiger partial charge is 0.120 e. The fraction of sp³-hybridized carbons (Fsp3) is 0.368. The molecule has 0 heterocycles. The maximum Gasteiger partial charge on any atom is 0.120 e. The molecule has 0 saturated heterocycles. The van der Waals surface area contributed by atoms with E-state index in [2.05, 4.69) is 70.5 Å². The van der Waals surface area contributed by atoms with Crippen molar-refractivity contribution in [2.45, 2.75) is 64.7 Å². The van der Waals surface area contributed by atoms with E-state index in [4.69, 9.17) is 11.5 Å². The number of phenolic OH excluding ortho intramolecular Hbond substituents is 2. The molecular formula is C38H50N4O2. The van der Waals surface area contributed by atoms with Crippen molar-refractivity contribution in [3.63, 3.8) is 0 Å². The van der Waals surface area contributed by atoms with Gasteiger partial charge in [0.05, 0.1) is 0 Å². The second-order valence-electron chi connectivity index (χ2n) is 11.8. The van der Waals surface area contributed by atoms with Gasteiger partial charge in [-0.05, 0) is 73.2 Å². The molecule has 4 rings (SSSR count). The van der Waals surface area contributed by atoms with Gasteiger partial charge in [-0.2, -0.15) is 0 Å². The van der Waals surface area contributed by atoms with Crippen molar-refractivity contribution >= 4 is 0 Å². The zero-order valence-corrected chi connectivity index (χ0v) is 26.1. The average Bonchev–Trinajstić information content (AvgIpc) is 3.05. The summed E-state index contributed by atoms with van der Waals surface area (Å²) < 4.78 is 0. The van der Waals surface area contributed by atoms with Crippen molar-refractivity contribution in [1.29, 1.82) is 0 Å². The predicted octanol–water partition coefficient (Wildman–Crippen LogP) is 6.37. The molecule has 0 unspecified atom stereocenters. The summed E-state index contributed by atoms with van der Waals surface area (Å²) in [5, 5.41) is 20.0. The molecule has 4 aromatic rings. The van der Waals surface area contributed by atoms with Crippen LogP contribution in [0.15, 0.2) is 97.1 Å². The van der Waals surface area contributed by atoms with Crippen LogP contribution >= 0.6 is 0 Å². The van der Waals surface area contributed by atoms with Gasteiger partial charge in [-0.1, -0.05) is 97.8 Å². The lowest BCUT2D eigenvalue weighted by atomic mass is 10.1. The summed E-state index contributed by atoms with van der Waals surface area (Å²) in [5.41, 5.74) is 18.3. The van der Waals surface area contributed by atoms with E-state index >= 15 is 0 Å². The Morgan fingerprint density at radius 2 is 0.864 bits per heavy atom. The van der Waals surface area contributed by atoms with Crippen LogP contribution in [0.3, 0.4) is 0 Å². The maximum atomic E-state index is 10.0. The number of phenols is 2. The minimum absolute atomic E-state index is 0.279. The number of hydrogen-bond donors (Lipinski definition) is 4. The lowest BCUT2D eigenvalue weighted by molar-refractivity contribution is 0.250. The van der Waals surface area contributed by atoms with E-state index in [1.54, 1.807) is 12.1 Å². The van der Waals surface area contributed by atoms with Gasteiger partial charge >= 0.3 is 0 Å². The summed E-state index contributed by atoms with van der Waals surface area (Å²) in [7, 11) is 0. The van der Waals surface area contributed by atoms with Gasteiger partial charge in [0.25, 0.3) is 0 Å². The van der Waals surface area contributed by atoms with E-state index < -0.39 is 0 Å². The zero-order chi connectivity index (χ0) is 31.0. The molecule has 0 aromatic heterocycles. The Morgan fingerprint density at radius 1 is 0.455 bits per heavy atom. The van der Waals surface area contributed by atoms with E-state index in [1.807, 2.05) is 24.3 Å². The van der Waals surface area contributed by atoms with Gasteiger partial charge < -0.3 is 21.7 Å². The molecule has 0 aliphatic rings. The molecule has 6 N–H and O–H groups in total. The molecule has 0 spiro atoms. The Hall–Kier alpha value is -3.68. The first-order valence-corrected chi connectivity index (χ1v) is 16.1. The second kappa shape index (κ2) is 18.2. The van der Waals surface area contributed by atoms with Crippen LogP contribution in [0.2, 0.25) is 0 Å². The molecule has 6 heteroatoms. The van der Waals surface area contributed by atoms with Crippen LogP contribution in [0.25, 0.3) is 0 Å². The van der Waals surface area contributed by atoms with Crippen LogP contribution in [0, 0.1) is 0 Å². The summed E-state index contributed by atoms with van der Waals surface area (Å²) in [6.45, 7) is 6.65. The number of nitrogens with zero attached hydrogens (tertiary/aromatic N) is 2. The van der Waals surface area contributed by atoms with E-state index in [0.717, 1.165) is 63.2 Å². The molecule has 0 radical (unpaired) electrons. The van der Waals surface area contributed by atoms with Gasteiger partial charge in [-0.25, -0.2) is 0 Å². The maximum absolute atomic E-state index is 10.0. The summed E-state index contributed by atoms with van der Waals surface area (Å²) >= 11 is 0. The first kappa shape index (κ1) is 33.2. The number of unbranched alkanes of at least 4 members (excludes halogenated alkanes) is 3. The minimum atomic E-state index is 0.279. The van der Waals surface area contributed by atoms with Gasteiger partial charge in [0, 0.05) is 50.4 Å². The quantitative estimate of drug-likeness (QED) is 0.0943. The number of rotatable bonds is 19. The third-order valence-electron chi connectivity index (χ3n) is 8.36. The second-order valence-corrected chi connectivity index (χ2v) is 11.8. The molecule has 0 fully saturated rings. The van der Waals surface area contributed by atoms with Crippen LogP contribution < -0.4 is 11.5 Å². The monoisotopic (exact) mass is 594 g/mol. The van der Waals surface area contributed by atoms with Crippen molar-refractivity contribution in [1.82, 2.24) is 9.80 Å². The van der Waals surface area contributed by atoms with Gasteiger partial charge in [0.2, 0.25) is 0 Å². The number of benzene rings is 4. The minimum Gasteiger partial charge on any atom is -0.508 e. The van der Waals surface area contributed by atoms with Crippen LogP contribution in [-0.4, -0.2) is 46.2 Å². The van der Waals surface area contributed by atoms with E-state index in [0.29, 0.717) is 13.1 Å². The molecule has 4 aromatic carbocycles. The third kappa shape index (κ3) is 11.1.